The molecule has 3 aliphatic rings. The van der Waals surface area contributed by atoms with Crippen LogP contribution >= 0.6 is 0 Å². The zero-order chi connectivity index (χ0) is 19.8. The van der Waals surface area contributed by atoms with Gasteiger partial charge in [0.2, 0.25) is 0 Å². The van der Waals surface area contributed by atoms with Crippen molar-refractivity contribution in [2.24, 2.45) is 23.7 Å². The van der Waals surface area contributed by atoms with Crippen LogP contribution in [0.4, 0.5) is 13.2 Å². The molecule has 0 radical (unpaired) electrons. The number of alkyl halides is 3. The highest BCUT2D eigenvalue weighted by Gasteiger charge is 2.66. The molecule has 3 fully saturated rings. The largest absolute Gasteiger partial charge is 0.411 e. The molecule has 0 aromatic rings. The number of ether oxygens (including phenoxy) is 1. The van der Waals surface area contributed by atoms with E-state index in [-0.39, 0.29) is 24.5 Å². The van der Waals surface area contributed by atoms with Crippen molar-refractivity contribution < 1.29 is 32.9 Å². The number of aliphatic hydroxyl groups is 2. The third-order valence-corrected chi connectivity index (χ3v) is 6.73. The van der Waals surface area contributed by atoms with E-state index < -0.39 is 48.3 Å². The summed E-state index contributed by atoms with van der Waals surface area (Å²) < 4.78 is 43.1. The van der Waals surface area contributed by atoms with E-state index in [4.69, 9.17) is 4.74 Å². The van der Waals surface area contributed by atoms with Crippen molar-refractivity contribution in [2.45, 2.75) is 75.9 Å². The van der Waals surface area contributed by atoms with Gasteiger partial charge in [0, 0.05) is 17.8 Å². The lowest BCUT2D eigenvalue weighted by Gasteiger charge is -2.58. The average Bonchev–Trinajstić information content (AvgIpc) is 2.64. The molecule has 2 N–H and O–H groups in total. The Kier molecular flexibility index (Phi) is 6.04. The maximum atomic E-state index is 12.7. The predicted octanol–water partition coefficient (Wildman–Crippen LogP) is 3.41. The minimum absolute atomic E-state index is 0.105. The molecule has 154 valence electrons. The Hall–Kier alpha value is -0.920. The summed E-state index contributed by atoms with van der Waals surface area (Å²) in [5.41, 5.74) is -1.46. The second kappa shape index (κ2) is 7.84. The van der Waals surface area contributed by atoms with E-state index in [9.17, 15) is 28.2 Å². The van der Waals surface area contributed by atoms with E-state index in [1.807, 2.05) is 0 Å². The summed E-state index contributed by atoms with van der Waals surface area (Å²) in [7, 11) is 0. The Morgan fingerprint density at radius 1 is 1.26 bits per heavy atom. The fraction of sp³-hybridized carbons (Fsp3) is 0.850. The first-order valence-electron chi connectivity index (χ1n) is 9.95. The highest BCUT2D eigenvalue weighted by molar-refractivity contribution is 5.96. The quantitative estimate of drug-likeness (QED) is 0.706. The first-order chi connectivity index (χ1) is 12.7. The van der Waals surface area contributed by atoms with E-state index in [1.54, 1.807) is 19.1 Å². The van der Waals surface area contributed by atoms with Crippen LogP contribution in [-0.2, 0) is 9.53 Å². The van der Waals surface area contributed by atoms with Crippen LogP contribution in [0.5, 0.6) is 0 Å². The van der Waals surface area contributed by atoms with Gasteiger partial charge in [0.25, 0.3) is 0 Å². The fourth-order valence-corrected chi connectivity index (χ4v) is 5.32. The van der Waals surface area contributed by atoms with Crippen LogP contribution in [0.15, 0.2) is 12.2 Å². The number of halogens is 3. The Labute approximate surface area is 157 Å². The molecule has 0 bridgehead atoms. The van der Waals surface area contributed by atoms with Crippen molar-refractivity contribution in [2.75, 3.05) is 6.61 Å². The molecule has 0 spiro atoms. The summed E-state index contributed by atoms with van der Waals surface area (Å²) in [6.45, 7) is 0.220. The third kappa shape index (κ3) is 4.10. The Balaban J connectivity index is 1.73. The Bertz CT molecular complexity index is 570. The summed E-state index contributed by atoms with van der Waals surface area (Å²) >= 11 is 0. The molecular formula is C20H29F3O4. The lowest BCUT2D eigenvalue weighted by Crippen LogP contribution is -2.70. The molecule has 4 nitrogen and oxygen atoms in total. The third-order valence-electron chi connectivity index (χ3n) is 6.73. The zero-order valence-corrected chi connectivity index (χ0v) is 15.6. The standard InChI is InChI=1S/C20H29F3O4/c1-12-17-14(7-8-15(24)13-5-3-2-4-6-13)16(25)9-10-19(17,18(12)26)27-11-20(21,22)23/h7-8,12-17,24-25H,2-6,9-11H2,1H3/b8-7+/t12?,14-,15-,16+,17+,19+/m1/s1. The maximum Gasteiger partial charge on any atom is 0.411 e. The molecule has 7 heteroatoms. The highest BCUT2D eigenvalue weighted by Crippen LogP contribution is 2.55. The second-order valence-corrected chi connectivity index (χ2v) is 8.43. The van der Waals surface area contributed by atoms with Gasteiger partial charge in [-0.2, -0.15) is 13.2 Å². The molecular weight excluding hydrogens is 361 g/mol. The van der Waals surface area contributed by atoms with Crippen molar-refractivity contribution in [3.05, 3.63) is 12.2 Å². The highest BCUT2D eigenvalue weighted by atomic mass is 19.4. The van der Waals surface area contributed by atoms with Gasteiger partial charge in [0.1, 0.15) is 12.2 Å². The molecule has 3 saturated carbocycles. The van der Waals surface area contributed by atoms with Crippen molar-refractivity contribution in [3.8, 4) is 0 Å². The van der Waals surface area contributed by atoms with Gasteiger partial charge in [-0.3, -0.25) is 4.79 Å². The second-order valence-electron chi connectivity index (χ2n) is 8.43. The fourth-order valence-electron chi connectivity index (χ4n) is 5.32. The number of fused-ring (bicyclic) bond motifs is 1. The van der Waals surface area contributed by atoms with Crippen LogP contribution in [-0.4, -0.2) is 46.6 Å². The van der Waals surface area contributed by atoms with E-state index in [0.29, 0.717) is 0 Å². The van der Waals surface area contributed by atoms with Gasteiger partial charge in [0.05, 0.1) is 12.2 Å². The lowest BCUT2D eigenvalue weighted by molar-refractivity contribution is -0.252. The molecule has 0 aromatic heterocycles. The number of rotatable bonds is 5. The first-order valence-corrected chi connectivity index (χ1v) is 9.95. The van der Waals surface area contributed by atoms with Crippen molar-refractivity contribution in [1.82, 2.24) is 0 Å². The molecule has 0 saturated heterocycles. The summed E-state index contributed by atoms with van der Waals surface area (Å²) in [6.07, 6.45) is 3.07. The monoisotopic (exact) mass is 390 g/mol. The zero-order valence-electron chi connectivity index (χ0n) is 15.6. The van der Waals surface area contributed by atoms with Crippen LogP contribution in [0, 0.1) is 23.7 Å². The van der Waals surface area contributed by atoms with Crippen LogP contribution < -0.4 is 0 Å². The molecule has 0 aliphatic heterocycles. The molecule has 1 unspecified atom stereocenters. The minimum atomic E-state index is -4.50. The molecule has 27 heavy (non-hydrogen) atoms. The maximum absolute atomic E-state index is 12.7. The average molecular weight is 390 g/mol. The van der Waals surface area contributed by atoms with Gasteiger partial charge in [0.15, 0.2) is 5.78 Å². The predicted molar refractivity (Wildman–Crippen MR) is 92.9 cm³/mol. The van der Waals surface area contributed by atoms with Crippen LogP contribution in [0.1, 0.15) is 51.9 Å². The van der Waals surface area contributed by atoms with Gasteiger partial charge in [-0.05, 0) is 31.6 Å². The number of hydrogen-bond acceptors (Lipinski definition) is 4. The van der Waals surface area contributed by atoms with Gasteiger partial charge in [-0.25, -0.2) is 0 Å². The summed E-state index contributed by atoms with van der Waals surface area (Å²) in [4.78, 5) is 12.4. The Morgan fingerprint density at radius 2 is 1.93 bits per heavy atom. The van der Waals surface area contributed by atoms with Crippen molar-refractivity contribution in [1.29, 1.82) is 0 Å². The number of Topliss-reactive ketones (excluding diaryl/α,β-unsaturated/α-hetero) is 1. The van der Waals surface area contributed by atoms with E-state index in [2.05, 4.69) is 0 Å². The first kappa shape index (κ1) is 20.8. The molecule has 3 aliphatic carbocycles. The minimum Gasteiger partial charge on any atom is -0.393 e. The number of carbonyl (C=O) groups is 1. The van der Waals surface area contributed by atoms with Gasteiger partial charge < -0.3 is 14.9 Å². The molecule has 6 atom stereocenters. The molecule has 0 heterocycles. The lowest BCUT2D eigenvalue weighted by atomic mass is 9.50. The van der Waals surface area contributed by atoms with Crippen molar-refractivity contribution >= 4 is 5.78 Å². The summed E-state index contributed by atoms with van der Waals surface area (Å²) in [5.74, 6) is -1.57. The molecule has 0 aromatic carbocycles. The molecule has 0 amide bonds. The topological polar surface area (TPSA) is 66.8 Å². The van der Waals surface area contributed by atoms with Crippen molar-refractivity contribution in [3.63, 3.8) is 0 Å². The van der Waals surface area contributed by atoms with E-state index in [1.165, 1.54) is 6.42 Å². The number of hydrogen-bond donors (Lipinski definition) is 2. The van der Waals surface area contributed by atoms with Crippen LogP contribution in [0.25, 0.3) is 0 Å². The number of ketones is 1. The molecule has 3 rings (SSSR count). The van der Waals surface area contributed by atoms with E-state index >= 15 is 0 Å². The number of aliphatic hydroxyl groups excluding tert-OH is 2. The summed E-state index contributed by atoms with van der Waals surface area (Å²) in [6, 6.07) is 0. The normalized spacial score (nSPS) is 39.3. The van der Waals surface area contributed by atoms with Crippen LogP contribution in [0.2, 0.25) is 0 Å². The van der Waals surface area contributed by atoms with Gasteiger partial charge in [-0.1, -0.05) is 38.3 Å². The SMILES string of the molecule is CC1C(=O)[C@]2(OCC(F)(F)F)CC[C@H](O)[C@@H](/C=C/[C@@H](O)C3CCCCC3)[C@H]12. The Morgan fingerprint density at radius 3 is 2.56 bits per heavy atom. The van der Waals surface area contributed by atoms with E-state index in [0.717, 1.165) is 25.7 Å². The van der Waals surface area contributed by atoms with Crippen LogP contribution in [0.3, 0.4) is 0 Å². The van der Waals surface area contributed by atoms with Gasteiger partial charge in [-0.15, -0.1) is 0 Å². The smallest absolute Gasteiger partial charge is 0.393 e. The number of carbonyl (C=O) groups excluding carboxylic acids is 1. The van der Waals surface area contributed by atoms with Gasteiger partial charge >= 0.3 is 6.18 Å². The summed E-state index contributed by atoms with van der Waals surface area (Å²) in [5, 5.41) is 20.9.